The predicted molar refractivity (Wildman–Crippen MR) is 68.5 cm³/mol. The first-order valence-electron chi connectivity index (χ1n) is 5.88. The van der Waals surface area contributed by atoms with Gasteiger partial charge in [0.05, 0.1) is 18.1 Å². The van der Waals surface area contributed by atoms with Gasteiger partial charge in [-0.1, -0.05) is 11.8 Å². The highest BCUT2D eigenvalue weighted by molar-refractivity contribution is 6.19. The highest BCUT2D eigenvalue weighted by atomic mass is 35.5. The highest BCUT2D eigenvalue weighted by Crippen LogP contribution is 2.22. The van der Waals surface area contributed by atoms with E-state index in [1.807, 2.05) is 0 Å². The Morgan fingerprint density at radius 3 is 3.11 bits per heavy atom. The Labute approximate surface area is 111 Å². The van der Waals surface area contributed by atoms with Crippen molar-refractivity contribution in [1.29, 1.82) is 0 Å². The molecule has 1 aromatic carbocycles. The van der Waals surface area contributed by atoms with Gasteiger partial charge in [0.1, 0.15) is 17.7 Å². The Morgan fingerprint density at radius 1 is 1.50 bits per heavy atom. The zero-order valence-electron chi connectivity index (χ0n) is 9.92. The van der Waals surface area contributed by atoms with E-state index in [0.717, 1.165) is 19.4 Å². The van der Waals surface area contributed by atoms with E-state index in [9.17, 15) is 4.39 Å². The summed E-state index contributed by atoms with van der Waals surface area (Å²) in [4.78, 5) is 0. The Kier molecular flexibility index (Phi) is 4.86. The Balaban J connectivity index is 2.15. The molecule has 0 radical (unpaired) electrons. The van der Waals surface area contributed by atoms with E-state index in [-0.39, 0.29) is 17.8 Å². The van der Waals surface area contributed by atoms with Crippen molar-refractivity contribution in [1.82, 2.24) is 0 Å². The van der Waals surface area contributed by atoms with Gasteiger partial charge in [-0.25, -0.2) is 4.39 Å². The molecule has 4 heteroatoms. The molecule has 0 N–H and O–H groups in total. The first kappa shape index (κ1) is 13.2. The molecule has 0 saturated carbocycles. The summed E-state index contributed by atoms with van der Waals surface area (Å²) >= 11 is 5.52. The van der Waals surface area contributed by atoms with Crippen molar-refractivity contribution >= 4 is 11.6 Å². The first-order chi connectivity index (χ1) is 8.79. The Bertz CT molecular complexity index is 459. The van der Waals surface area contributed by atoms with Crippen LogP contribution < -0.4 is 4.74 Å². The number of rotatable bonds is 2. The quantitative estimate of drug-likeness (QED) is 0.606. The van der Waals surface area contributed by atoms with Gasteiger partial charge in [0, 0.05) is 12.7 Å². The van der Waals surface area contributed by atoms with Crippen molar-refractivity contribution in [2.45, 2.75) is 18.9 Å². The maximum Gasteiger partial charge on any atom is 0.138 e. The van der Waals surface area contributed by atoms with Crippen molar-refractivity contribution in [3.63, 3.8) is 0 Å². The summed E-state index contributed by atoms with van der Waals surface area (Å²) in [5, 5.41) is 0. The lowest BCUT2D eigenvalue weighted by molar-refractivity contribution is 0.00720. The van der Waals surface area contributed by atoms with Gasteiger partial charge in [0.15, 0.2) is 0 Å². The molecular formula is C14H14ClFO2. The summed E-state index contributed by atoms with van der Waals surface area (Å²) in [5.74, 6) is 5.97. The zero-order chi connectivity index (χ0) is 12.8. The third-order valence-electron chi connectivity index (χ3n) is 2.65. The monoisotopic (exact) mass is 268 g/mol. The number of halogens is 2. The predicted octanol–water partition coefficient (Wildman–Crippen LogP) is 2.97. The van der Waals surface area contributed by atoms with Gasteiger partial charge >= 0.3 is 0 Å². The van der Waals surface area contributed by atoms with E-state index < -0.39 is 0 Å². The topological polar surface area (TPSA) is 18.5 Å². The number of ether oxygens (including phenoxy) is 2. The second-order valence-electron chi connectivity index (χ2n) is 4.03. The lowest BCUT2D eigenvalue weighted by Crippen LogP contribution is -2.28. The fraction of sp³-hybridized carbons (Fsp3) is 0.429. The van der Waals surface area contributed by atoms with Crippen LogP contribution in [0.3, 0.4) is 0 Å². The van der Waals surface area contributed by atoms with Gasteiger partial charge < -0.3 is 9.47 Å². The van der Waals surface area contributed by atoms with Crippen LogP contribution >= 0.6 is 11.6 Å². The summed E-state index contributed by atoms with van der Waals surface area (Å²) in [6, 6.07) is 4.32. The molecule has 2 nitrogen and oxygen atoms in total. The smallest absolute Gasteiger partial charge is 0.138 e. The van der Waals surface area contributed by atoms with Gasteiger partial charge in [0.2, 0.25) is 0 Å². The lowest BCUT2D eigenvalue weighted by atomic mass is 10.1. The normalized spacial score (nSPS) is 18.9. The molecule has 1 atom stereocenters. The fourth-order valence-corrected chi connectivity index (χ4v) is 1.88. The highest BCUT2D eigenvalue weighted by Gasteiger charge is 2.17. The third kappa shape index (κ3) is 3.63. The van der Waals surface area contributed by atoms with E-state index >= 15 is 0 Å². The van der Waals surface area contributed by atoms with Crippen LogP contribution in [0.1, 0.15) is 18.4 Å². The maximum atomic E-state index is 13.2. The number of hydrogen-bond donors (Lipinski definition) is 0. The molecule has 1 aliphatic rings. The van der Waals surface area contributed by atoms with Crippen LogP contribution in [-0.2, 0) is 4.74 Å². The third-order valence-corrected chi connectivity index (χ3v) is 2.78. The first-order valence-corrected chi connectivity index (χ1v) is 6.42. The second-order valence-corrected chi connectivity index (χ2v) is 4.30. The number of benzene rings is 1. The Morgan fingerprint density at radius 2 is 2.39 bits per heavy atom. The van der Waals surface area contributed by atoms with Crippen LogP contribution in [0.25, 0.3) is 0 Å². The largest absolute Gasteiger partial charge is 0.487 e. The minimum atomic E-state index is -0.335. The maximum absolute atomic E-state index is 13.2. The average Bonchev–Trinajstić information content (AvgIpc) is 2.39. The molecule has 96 valence electrons. The van der Waals surface area contributed by atoms with Crippen molar-refractivity contribution in [3.8, 4) is 17.6 Å². The van der Waals surface area contributed by atoms with Gasteiger partial charge in [-0.2, -0.15) is 0 Å². The van der Waals surface area contributed by atoms with E-state index in [2.05, 4.69) is 11.8 Å². The lowest BCUT2D eigenvalue weighted by Gasteiger charge is -2.23. The molecular weight excluding hydrogens is 255 g/mol. The van der Waals surface area contributed by atoms with Crippen LogP contribution in [0.5, 0.6) is 5.75 Å². The van der Waals surface area contributed by atoms with E-state index in [1.165, 1.54) is 12.1 Å². The van der Waals surface area contributed by atoms with Crippen LogP contribution in [-0.4, -0.2) is 25.2 Å². The summed E-state index contributed by atoms with van der Waals surface area (Å²) in [6.07, 6.45) is 1.85. The summed E-state index contributed by atoms with van der Waals surface area (Å²) in [5.41, 5.74) is 0.655. The average molecular weight is 269 g/mol. The molecule has 1 fully saturated rings. The molecule has 1 aliphatic heterocycles. The molecule has 2 rings (SSSR count). The SMILES string of the molecule is Fc1ccc(C#CCCl)c(OC2CCCOC2)c1. The molecule has 0 aromatic heterocycles. The van der Waals surface area contributed by atoms with Crippen LogP contribution in [0.4, 0.5) is 4.39 Å². The van der Waals surface area contributed by atoms with Gasteiger partial charge in [-0.3, -0.25) is 0 Å². The molecule has 18 heavy (non-hydrogen) atoms. The zero-order valence-corrected chi connectivity index (χ0v) is 10.7. The van der Waals surface area contributed by atoms with Crippen LogP contribution in [0.2, 0.25) is 0 Å². The van der Waals surface area contributed by atoms with Crippen molar-refractivity contribution in [2.75, 3.05) is 19.1 Å². The molecule has 1 aromatic rings. The second kappa shape index (κ2) is 6.63. The molecule has 1 heterocycles. The molecule has 0 amide bonds. The van der Waals surface area contributed by atoms with Crippen LogP contribution in [0, 0.1) is 17.7 Å². The minimum Gasteiger partial charge on any atom is -0.487 e. The van der Waals surface area contributed by atoms with Crippen molar-refractivity contribution < 1.29 is 13.9 Å². The fourth-order valence-electron chi connectivity index (χ4n) is 1.81. The standard InChI is InChI=1S/C14H14ClFO2/c15-7-1-3-11-5-6-12(16)9-14(11)18-13-4-2-8-17-10-13/h5-6,9,13H,2,4,7-8,10H2. The van der Waals surface area contributed by atoms with Gasteiger partial charge in [-0.15, -0.1) is 11.6 Å². The van der Waals surface area contributed by atoms with E-state index in [1.54, 1.807) is 6.07 Å². The van der Waals surface area contributed by atoms with Gasteiger partial charge in [0.25, 0.3) is 0 Å². The van der Waals surface area contributed by atoms with E-state index in [0.29, 0.717) is 17.9 Å². The molecule has 0 bridgehead atoms. The number of hydrogen-bond acceptors (Lipinski definition) is 2. The molecule has 0 spiro atoms. The molecule has 1 unspecified atom stereocenters. The Hall–Kier alpha value is -1.24. The van der Waals surface area contributed by atoms with Crippen molar-refractivity contribution in [2.24, 2.45) is 0 Å². The summed E-state index contributed by atoms with van der Waals surface area (Å²) in [7, 11) is 0. The van der Waals surface area contributed by atoms with Gasteiger partial charge in [-0.05, 0) is 25.0 Å². The van der Waals surface area contributed by atoms with E-state index in [4.69, 9.17) is 21.1 Å². The molecule has 0 aliphatic carbocycles. The summed E-state index contributed by atoms with van der Waals surface area (Å²) in [6.45, 7) is 1.31. The molecule has 1 saturated heterocycles. The van der Waals surface area contributed by atoms with Crippen LogP contribution in [0.15, 0.2) is 18.2 Å². The number of alkyl halides is 1. The van der Waals surface area contributed by atoms with Crippen molar-refractivity contribution in [3.05, 3.63) is 29.6 Å². The summed E-state index contributed by atoms with van der Waals surface area (Å²) < 4.78 is 24.3. The minimum absolute atomic E-state index is 0.0305.